The second kappa shape index (κ2) is 15.6. The van der Waals surface area contributed by atoms with Gasteiger partial charge in [-0.1, -0.05) is 12.1 Å². The zero-order chi connectivity index (χ0) is 17.6. The van der Waals surface area contributed by atoms with Crippen molar-refractivity contribution in [3.05, 3.63) is 29.3 Å². The molecule has 0 spiro atoms. The molecule has 5 nitrogen and oxygen atoms in total. The van der Waals surface area contributed by atoms with E-state index in [2.05, 4.69) is 53.9 Å². The summed E-state index contributed by atoms with van der Waals surface area (Å²) in [4.78, 5) is 4.67. The molecule has 0 saturated heterocycles. The van der Waals surface area contributed by atoms with Gasteiger partial charge in [0.2, 0.25) is 0 Å². The summed E-state index contributed by atoms with van der Waals surface area (Å²) in [6, 6.07) is 6.27. The van der Waals surface area contributed by atoms with Crippen LogP contribution in [0.3, 0.4) is 0 Å². The van der Waals surface area contributed by atoms with Crippen LogP contribution in [-0.2, 0) is 11.3 Å². The smallest absolute Gasteiger partial charge is 0.191 e. The summed E-state index contributed by atoms with van der Waals surface area (Å²) >= 11 is 1.82. The van der Waals surface area contributed by atoms with E-state index in [1.54, 1.807) is 7.11 Å². The van der Waals surface area contributed by atoms with Crippen LogP contribution in [0.2, 0.25) is 0 Å². The van der Waals surface area contributed by atoms with E-state index in [0.29, 0.717) is 19.8 Å². The Kier molecular flexibility index (Phi) is 15.2. The maximum atomic E-state index is 5.92. The Labute approximate surface area is 173 Å². The lowest BCUT2D eigenvalue weighted by Crippen LogP contribution is -2.38. The fraction of sp³-hybridized carbons (Fsp3) is 0.611. The zero-order valence-electron chi connectivity index (χ0n) is 15.8. The van der Waals surface area contributed by atoms with E-state index in [-0.39, 0.29) is 24.0 Å². The molecule has 0 aromatic heterocycles. The SMILES string of the molecule is CCNC(=NCc1ccc(C)cc1OCCCOC)NCCSC.I. The van der Waals surface area contributed by atoms with E-state index in [0.717, 1.165) is 42.5 Å². The molecule has 0 saturated carbocycles. The third kappa shape index (κ3) is 10.8. The third-order valence-corrected chi connectivity index (χ3v) is 3.94. The van der Waals surface area contributed by atoms with Crippen molar-refractivity contribution < 1.29 is 9.47 Å². The molecule has 144 valence electrons. The van der Waals surface area contributed by atoms with E-state index in [1.807, 2.05) is 11.8 Å². The second-order valence-corrected chi connectivity index (χ2v) is 6.41. The van der Waals surface area contributed by atoms with Crippen molar-refractivity contribution >= 4 is 41.7 Å². The van der Waals surface area contributed by atoms with Crippen molar-refractivity contribution in [3.63, 3.8) is 0 Å². The number of thioether (sulfide) groups is 1. The van der Waals surface area contributed by atoms with Gasteiger partial charge in [-0.05, 0) is 31.7 Å². The lowest BCUT2D eigenvalue weighted by atomic mass is 10.1. The number of halogens is 1. The van der Waals surface area contributed by atoms with Gasteiger partial charge in [-0.2, -0.15) is 11.8 Å². The van der Waals surface area contributed by atoms with Crippen LogP contribution in [0.1, 0.15) is 24.5 Å². The quantitative estimate of drug-likeness (QED) is 0.220. The molecule has 1 aromatic rings. The maximum absolute atomic E-state index is 5.92. The minimum Gasteiger partial charge on any atom is -0.493 e. The molecule has 0 unspecified atom stereocenters. The number of hydrogen-bond donors (Lipinski definition) is 2. The van der Waals surface area contributed by atoms with E-state index in [1.165, 1.54) is 5.56 Å². The van der Waals surface area contributed by atoms with E-state index in [4.69, 9.17) is 9.47 Å². The number of aliphatic imine (C=N–C) groups is 1. The summed E-state index contributed by atoms with van der Waals surface area (Å²) in [5.41, 5.74) is 2.29. The Morgan fingerprint density at radius 3 is 2.72 bits per heavy atom. The molecule has 0 aliphatic rings. The van der Waals surface area contributed by atoms with Crippen LogP contribution < -0.4 is 15.4 Å². The fourth-order valence-corrected chi connectivity index (χ4v) is 2.40. The van der Waals surface area contributed by atoms with E-state index in [9.17, 15) is 0 Å². The Morgan fingerprint density at radius 2 is 2.04 bits per heavy atom. The lowest BCUT2D eigenvalue weighted by molar-refractivity contribution is 0.172. The number of aryl methyl sites for hydroxylation is 1. The van der Waals surface area contributed by atoms with Crippen LogP contribution in [-0.4, -0.2) is 51.4 Å². The van der Waals surface area contributed by atoms with Gasteiger partial charge in [0.25, 0.3) is 0 Å². The van der Waals surface area contributed by atoms with Crippen LogP contribution in [0, 0.1) is 6.92 Å². The van der Waals surface area contributed by atoms with E-state index < -0.39 is 0 Å². The molecule has 2 N–H and O–H groups in total. The predicted octanol–water partition coefficient (Wildman–Crippen LogP) is 3.45. The highest BCUT2D eigenvalue weighted by atomic mass is 127. The lowest BCUT2D eigenvalue weighted by Gasteiger charge is -2.13. The van der Waals surface area contributed by atoms with Crippen LogP contribution >= 0.6 is 35.7 Å². The highest BCUT2D eigenvalue weighted by Gasteiger charge is 2.05. The summed E-state index contributed by atoms with van der Waals surface area (Å²) in [7, 11) is 1.71. The van der Waals surface area contributed by atoms with Gasteiger partial charge < -0.3 is 20.1 Å². The molecule has 0 amide bonds. The Balaban J connectivity index is 0.00000576. The van der Waals surface area contributed by atoms with Crippen molar-refractivity contribution in [3.8, 4) is 5.75 Å². The molecule has 25 heavy (non-hydrogen) atoms. The topological polar surface area (TPSA) is 54.9 Å². The number of nitrogens with zero attached hydrogens (tertiary/aromatic N) is 1. The summed E-state index contributed by atoms with van der Waals surface area (Å²) in [5, 5.41) is 6.62. The van der Waals surface area contributed by atoms with Crippen molar-refractivity contribution in [1.29, 1.82) is 0 Å². The summed E-state index contributed by atoms with van der Waals surface area (Å²) in [5.74, 6) is 2.82. The summed E-state index contributed by atoms with van der Waals surface area (Å²) in [6.45, 7) is 7.85. The largest absolute Gasteiger partial charge is 0.493 e. The van der Waals surface area contributed by atoms with Crippen molar-refractivity contribution in [1.82, 2.24) is 10.6 Å². The number of ether oxygens (including phenoxy) is 2. The third-order valence-electron chi connectivity index (χ3n) is 3.32. The second-order valence-electron chi connectivity index (χ2n) is 5.42. The van der Waals surface area contributed by atoms with Gasteiger partial charge in [-0.15, -0.1) is 24.0 Å². The number of benzene rings is 1. The van der Waals surface area contributed by atoms with E-state index >= 15 is 0 Å². The first-order valence-corrected chi connectivity index (χ1v) is 9.83. The molecule has 0 fully saturated rings. The molecule has 0 bridgehead atoms. The number of rotatable bonds is 11. The molecule has 0 heterocycles. The van der Waals surface area contributed by atoms with Crippen molar-refractivity contribution in [2.75, 3.05) is 45.4 Å². The van der Waals surface area contributed by atoms with Crippen LogP contribution in [0.4, 0.5) is 0 Å². The molecular weight excluding hydrogens is 449 g/mol. The van der Waals surface area contributed by atoms with Crippen LogP contribution in [0.25, 0.3) is 0 Å². The maximum Gasteiger partial charge on any atom is 0.191 e. The van der Waals surface area contributed by atoms with Crippen molar-refractivity contribution in [2.24, 2.45) is 4.99 Å². The molecule has 0 aliphatic carbocycles. The normalized spacial score (nSPS) is 11.0. The fourth-order valence-electron chi connectivity index (χ4n) is 2.09. The number of nitrogens with one attached hydrogen (secondary N) is 2. The Bertz CT molecular complexity index is 501. The highest BCUT2D eigenvalue weighted by Crippen LogP contribution is 2.21. The zero-order valence-corrected chi connectivity index (χ0v) is 18.9. The summed E-state index contributed by atoms with van der Waals surface area (Å²) < 4.78 is 11.0. The average Bonchev–Trinajstić information content (AvgIpc) is 2.58. The average molecular weight is 481 g/mol. The first-order valence-electron chi connectivity index (χ1n) is 8.43. The van der Waals surface area contributed by atoms with Gasteiger partial charge in [-0.3, -0.25) is 0 Å². The molecular formula is C18H32IN3O2S. The van der Waals surface area contributed by atoms with Crippen LogP contribution in [0.5, 0.6) is 5.75 Å². The number of guanidine groups is 1. The standard InChI is InChI=1S/C18H31N3O2S.HI/c1-5-19-18(20-9-12-24-4)21-14-16-8-7-15(2)13-17(16)23-11-6-10-22-3;/h7-8,13H,5-6,9-12,14H2,1-4H3,(H2,19,20,21);1H. The van der Waals surface area contributed by atoms with Gasteiger partial charge >= 0.3 is 0 Å². The first kappa shape index (κ1) is 24.3. The van der Waals surface area contributed by atoms with Gasteiger partial charge in [-0.25, -0.2) is 4.99 Å². The summed E-state index contributed by atoms with van der Waals surface area (Å²) in [6.07, 6.45) is 2.98. The Hall–Kier alpha value is -0.670. The highest BCUT2D eigenvalue weighted by molar-refractivity contribution is 14.0. The Morgan fingerprint density at radius 1 is 1.24 bits per heavy atom. The number of methoxy groups -OCH3 is 1. The molecule has 0 radical (unpaired) electrons. The molecule has 0 aliphatic heterocycles. The first-order chi connectivity index (χ1) is 11.7. The van der Waals surface area contributed by atoms with Gasteiger partial charge in [0, 0.05) is 44.5 Å². The molecule has 0 atom stereocenters. The van der Waals surface area contributed by atoms with Crippen LogP contribution in [0.15, 0.2) is 23.2 Å². The number of hydrogen-bond acceptors (Lipinski definition) is 4. The van der Waals surface area contributed by atoms with Crippen molar-refractivity contribution in [2.45, 2.75) is 26.8 Å². The molecule has 7 heteroatoms. The minimum atomic E-state index is 0. The van der Waals surface area contributed by atoms with Gasteiger partial charge in [0.1, 0.15) is 5.75 Å². The van der Waals surface area contributed by atoms with Gasteiger partial charge in [0.15, 0.2) is 5.96 Å². The molecule has 1 rings (SSSR count). The molecule has 1 aromatic carbocycles. The van der Waals surface area contributed by atoms with Gasteiger partial charge in [0.05, 0.1) is 13.2 Å². The minimum absolute atomic E-state index is 0. The monoisotopic (exact) mass is 481 g/mol. The predicted molar refractivity (Wildman–Crippen MR) is 120 cm³/mol.